The SMILES string of the molecule is C[C-](C)C.C[C-](C)C.C[C](C)=[Ti].Cl.Cl.[C-]1=CC=CC1.[CH3-].[CH3-].[CH3-].[CH3-].[c-]1ccc[nH]1. The number of rotatable bonds is 0. The van der Waals surface area contributed by atoms with E-state index in [1.165, 1.54) is 15.6 Å². The number of hydrogen-bond donors (Lipinski definition) is 1. The van der Waals surface area contributed by atoms with E-state index < -0.39 is 0 Å². The third-order valence-corrected chi connectivity index (χ3v) is 1.03. The smallest absolute Gasteiger partial charge is 0.108 e. The van der Waals surface area contributed by atoms with E-state index in [0.29, 0.717) is 0 Å². The van der Waals surface area contributed by atoms with Crippen LogP contribution < -0.4 is 0 Å². The van der Waals surface area contributed by atoms with Gasteiger partial charge < -0.3 is 46.5 Å². The van der Waals surface area contributed by atoms with Crippen molar-refractivity contribution in [2.24, 2.45) is 0 Å². The van der Waals surface area contributed by atoms with Gasteiger partial charge in [0.2, 0.25) is 0 Å². The molecule has 174 valence electrons. The average molecular weight is 468 g/mol. The first-order valence-electron chi connectivity index (χ1n) is 7.46. The molecule has 0 saturated heterocycles. The predicted octanol–water partition coefficient (Wildman–Crippen LogP) is 8.75. The average Bonchev–Trinajstić information content (AvgIpc) is 3.06. The van der Waals surface area contributed by atoms with Crippen LogP contribution >= 0.6 is 24.8 Å². The number of hydrogen-bond acceptors (Lipinski definition) is 0. The van der Waals surface area contributed by atoms with Gasteiger partial charge in [-0.2, -0.15) is 65.9 Å². The van der Waals surface area contributed by atoms with Crippen LogP contribution in [0.2, 0.25) is 0 Å². The minimum absolute atomic E-state index is 0. The molecule has 1 aromatic heterocycles. The Kier molecular flexibility index (Phi) is 102. The van der Waals surface area contributed by atoms with E-state index in [0.717, 1.165) is 6.42 Å². The summed E-state index contributed by atoms with van der Waals surface area (Å²) in [6.07, 6.45) is 14.6. The maximum Gasteiger partial charge on any atom is -0.108 e. The van der Waals surface area contributed by atoms with Crippen LogP contribution in [0.25, 0.3) is 0 Å². The molecule has 4 heteroatoms. The monoisotopic (exact) mass is 467 g/mol. The third kappa shape index (κ3) is 164. The minimum Gasteiger partial charge on any atom is -0.484 e. The second-order valence-electron chi connectivity index (χ2n) is 5.82. The number of H-pyrrole nitrogens is 1. The molecule has 0 amide bonds. The first-order valence-corrected chi connectivity index (χ1v) is 8.24. The van der Waals surface area contributed by atoms with E-state index in [2.05, 4.69) is 98.7 Å². The van der Waals surface area contributed by atoms with Gasteiger partial charge in [0.15, 0.2) is 0 Å². The molecule has 0 atom stereocenters. The zero-order chi connectivity index (χ0) is 17.8. The fourth-order valence-corrected chi connectivity index (χ4v) is 0.581. The Hall–Kier alpha value is -0.0757. The molecule has 0 saturated carbocycles. The van der Waals surface area contributed by atoms with Crippen LogP contribution in [0.5, 0.6) is 0 Å². The summed E-state index contributed by atoms with van der Waals surface area (Å²) in [5, 5.41) is 0. The van der Waals surface area contributed by atoms with Crippen molar-refractivity contribution in [3.05, 3.63) is 90.4 Å². The maximum atomic E-state index is 2.99. The summed E-state index contributed by atoms with van der Waals surface area (Å²) in [5.41, 5.74) is 0. The fraction of sp³-hybridized carbons (Fsp3) is 0.375. The molecule has 28 heavy (non-hydrogen) atoms. The summed E-state index contributed by atoms with van der Waals surface area (Å²) >= 11 is 2.08. The topological polar surface area (TPSA) is 15.8 Å². The number of allylic oxidation sites excluding steroid dienone is 4. The Labute approximate surface area is 205 Å². The van der Waals surface area contributed by atoms with Gasteiger partial charge >= 0.3 is 37.6 Å². The fourth-order valence-electron chi connectivity index (χ4n) is 0.581. The largest absolute Gasteiger partial charge is 0.484 e. The Bertz CT molecular complexity index is 314. The van der Waals surface area contributed by atoms with Crippen LogP contribution in [0, 0.1) is 53.8 Å². The molecule has 2 rings (SSSR count). The normalized spacial score (nSPS) is 8.04. The Balaban J connectivity index is -0.0000000220. The van der Waals surface area contributed by atoms with Gasteiger partial charge in [-0.15, -0.1) is 37.4 Å². The van der Waals surface area contributed by atoms with Crippen molar-refractivity contribution in [3.8, 4) is 0 Å². The summed E-state index contributed by atoms with van der Waals surface area (Å²) in [7, 11) is 0. The minimum atomic E-state index is 0. The van der Waals surface area contributed by atoms with E-state index >= 15 is 0 Å². The summed E-state index contributed by atoms with van der Waals surface area (Å²) < 4.78 is 1.42. The quantitative estimate of drug-likeness (QED) is 0.289. The van der Waals surface area contributed by atoms with Gasteiger partial charge in [0.25, 0.3) is 0 Å². The zero-order valence-electron chi connectivity index (χ0n) is 20.5. The van der Waals surface area contributed by atoms with Crippen LogP contribution in [0.15, 0.2) is 36.6 Å². The van der Waals surface area contributed by atoms with Crippen LogP contribution in [0.3, 0.4) is 0 Å². The van der Waals surface area contributed by atoms with Gasteiger partial charge in [0.1, 0.15) is 0 Å². The number of aromatic amines is 1. The van der Waals surface area contributed by atoms with Crippen molar-refractivity contribution in [3.63, 3.8) is 0 Å². The molecular weight excluding hydrogens is 421 g/mol. The first-order chi connectivity index (χ1) is 10.2. The zero-order valence-corrected chi connectivity index (χ0v) is 23.7. The van der Waals surface area contributed by atoms with Crippen molar-refractivity contribution in [2.45, 2.75) is 61.8 Å². The second kappa shape index (κ2) is 50.5. The molecule has 1 heterocycles. The Morgan fingerprint density at radius 3 is 1.32 bits per heavy atom. The van der Waals surface area contributed by atoms with Crippen molar-refractivity contribution < 1.29 is 20.0 Å². The number of halogens is 2. The number of aromatic nitrogens is 1. The second-order valence-corrected chi connectivity index (χ2v) is 7.38. The van der Waals surface area contributed by atoms with Gasteiger partial charge in [0.05, 0.1) is 0 Å². The van der Waals surface area contributed by atoms with Gasteiger partial charge in [-0.1, -0.05) is 0 Å². The molecule has 0 spiro atoms. The summed E-state index contributed by atoms with van der Waals surface area (Å²) in [5.74, 6) is 2.83. The molecule has 0 fully saturated rings. The molecule has 0 aliphatic heterocycles. The van der Waals surface area contributed by atoms with Crippen molar-refractivity contribution in [1.29, 1.82) is 0 Å². The Morgan fingerprint density at radius 1 is 0.893 bits per heavy atom. The summed E-state index contributed by atoms with van der Waals surface area (Å²) in [6.45, 7) is 16.7. The molecule has 0 unspecified atom stereocenters. The van der Waals surface area contributed by atoms with Gasteiger partial charge in [-0.25, -0.2) is 12.2 Å². The standard InChI is InChI=1S/C5H5.C4H4N.2C4H9.C3H6.4CH3.2ClH.Ti/c2*1-2-4-5-3-1;2*1-4(2)3;1-3-2;;;;;;;/h1-3H,4H2;1-3,5H;2*1-3H3;1-2H3;4*1H3;2*1H;/q4*-1;;4*-1;;;. The van der Waals surface area contributed by atoms with Crippen molar-refractivity contribution >= 4 is 28.6 Å². The van der Waals surface area contributed by atoms with E-state index in [-0.39, 0.29) is 54.5 Å². The van der Waals surface area contributed by atoms with E-state index in [1.54, 1.807) is 0 Å². The summed E-state index contributed by atoms with van der Waals surface area (Å²) in [6, 6.07) is 3.71. The molecule has 1 aromatic rings. The molecule has 1 aliphatic carbocycles. The molecular formula is C24H47Cl2NTi-8. The van der Waals surface area contributed by atoms with Crippen molar-refractivity contribution in [2.75, 3.05) is 0 Å². The first kappa shape index (κ1) is 56.5. The molecule has 0 bridgehead atoms. The molecule has 1 aliphatic rings. The van der Waals surface area contributed by atoms with E-state index in [4.69, 9.17) is 0 Å². The number of nitrogens with one attached hydrogen (secondary N) is 1. The van der Waals surface area contributed by atoms with Crippen LogP contribution in [0.1, 0.15) is 61.8 Å². The predicted molar refractivity (Wildman–Crippen MR) is 138 cm³/mol. The summed E-state index contributed by atoms with van der Waals surface area (Å²) in [4.78, 5) is 2.74. The van der Waals surface area contributed by atoms with E-state index in [9.17, 15) is 0 Å². The van der Waals surface area contributed by atoms with Crippen LogP contribution in [-0.4, -0.2) is 8.80 Å². The van der Waals surface area contributed by atoms with E-state index in [1.807, 2.05) is 30.5 Å². The van der Waals surface area contributed by atoms with Crippen LogP contribution in [0.4, 0.5) is 0 Å². The van der Waals surface area contributed by atoms with Gasteiger partial charge in [0, 0.05) is 0 Å². The molecule has 1 nitrogen and oxygen atoms in total. The van der Waals surface area contributed by atoms with Crippen molar-refractivity contribution in [1.82, 2.24) is 4.98 Å². The molecule has 0 aromatic carbocycles. The molecule has 0 radical (unpaired) electrons. The Morgan fingerprint density at radius 2 is 1.25 bits per heavy atom. The van der Waals surface area contributed by atoms with Gasteiger partial charge in [-0.3, -0.25) is 6.08 Å². The van der Waals surface area contributed by atoms with Crippen LogP contribution in [-0.2, 0) is 20.0 Å². The molecule has 1 N–H and O–H groups in total. The van der Waals surface area contributed by atoms with Gasteiger partial charge in [-0.05, 0) is 0 Å². The maximum absolute atomic E-state index is 2.99. The third-order valence-electron chi connectivity index (χ3n) is 1.03.